The van der Waals surface area contributed by atoms with Crippen LogP contribution in [0.3, 0.4) is 0 Å². The van der Waals surface area contributed by atoms with Gasteiger partial charge in [0.05, 0.1) is 21.2 Å². The Balaban J connectivity index is 1.22. The highest BCUT2D eigenvalue weighted by Crippen LogP contribution is 2.66. The highest BCUT2D eigenvalue weighted by molar-refractivity contribution is 7.64. The first-order chi connectivity index (χ1) is 42.8. The first-order valence-electron chi connectivity index (χ1n) is 31.8. The van der Waals surface area contributed by atoms with Gasteiger partial charge in [-0.15, -0.1) is 0 Å². The largest absolute Gasteiger partial charge is 0.462 e. The Bertz CT molecular complexity index is 3410. The molecule has 0 radical (unpaired) electrons. The molecule has 13 rings (SSSR count). The first kappa shape index (κ1) is 60.0. The quantitative estimate of drug-likeness (QED) is 0.0529. The molecular weight excluding hydrogens is 1180 g/mol. The summed E-state index contributed by atoms with van der Waals surface area (Å²) < 4.78 is 123. The van der Waals surface area contributed by atoms with E-state index in [1.165, 1.54) is 0 Å². The zero-order valence-electron chi connectivity index (χ0n) is 50.5. The van der Waals surface area contributed by atoms with Crippen LogP contribution in [0, 0.1) is 0 Å². The second kappa shape index (κ2) is 25.2. The Labute approximate surface area is 517 Å². The van der Waals surface area contributed by atoms with Crippen molar-refractivity contribution in [1.29, 1.82) is 0 Å². The van der Waals surface area contributed by atoms with Gasteiger partial charge in [0, 0.05) is 92.4 Å². The summed E-state index contributed by atoms with van der Waals surface area (Å²) in [6, 6.07) is 51.4. The lowest BCUT2D eigenvalue weighted by Gasteiger charge is -2.37. The molecule has 16 heteroatoms. The van der Waals surface area contributed by atoms with Crippen LogP contribution in [0.2, 0.25) is 0 Å². The van der Waals surface area contributed by atoms with Crippen LogP contribution >= 0.6 is 30.4 Å². The minimum Gasteiger partial charge on any atom is -0.412 e. The van der Waals surface area contributed by atoms with E-state index in [2.05, 4.69) is 52.0 Å². The van der Waals surface area contributed by atoms with Crippen LogP contribution in [0.5, 0.6) is 46.0 Å². The normalized spacial score (nSPS) is 24.1. The Morgan fingerprint density at radius 3 is 0.580 bits per heavy atom. The molecule has 0 N–H and O–H groups in total. The van der Waals surface area contributed by atoms with Gasteiger partial charge in [-0.2, -0.15) is 0 Å². The van der Waals surface area contributed by atoms with Crippen molar-refractivity contribution < 1.29 is 54.5 Å². The van der Waals surface area contributed by atoms with Crippen LogP contribution in [-0.4, -0.2) is 0 Å². The van der Waals surface area contributed by atoms with Gasteiger partial charge in [0.1, 0.15) is 46.0 Å². The first-order valence-corrected chi connectivity index (χ1v) is 37.9. The van der Waals surface area contributed by atoms with Gasteiger partial charge < -0.3 is 36.2 Å². The molecule has 0 saturated carbocycles. The van der Waals surface area contributed by atoms with Gasteiger partial charge in [-0.05, 0) is 98.5 Å². The summed E-state index contributed by atoms with van der Waals surface area (Å²) in [4.78, 5) is 0. The Morgan fingerprint density at radius 2 is 0.420 bits per heavy atom. The number of rotatable bonds is 20. The lowest BCUT2D eigenvalue weighted by molar-refractivity contribution is 0.371. The van der Waals surface area contributed by atoms with Crippen molar-refractivity contribution in [3.63, 3.8) is 0 Å². The molecule has 8 aromatic rings. The zero-order valence-corrected chi connectivity index (χ0v) is 54.1. The molecule has 0 unspecified atom stereocenters. The molecule has 12 nitrogen and oxygen atoms in total. The molecule has 456 valence electrons. The number of unbranched alkanes of at least 4 members (excludes halogenated alkanes) is 8. The average molecular weight is 1260 g/mol. The highest BCUT2D eigenvalue weighted by atomic mass is 31.2. The molecule has 0 fully saturated rings. The molecule has 0 spiro atoms. The fraction of sp³-hybridized carbons (Fsp3) is 0.333. The molecular formula is C72H76O12P4. The van der Waals surface area contributed by atoms with E-state index < -0.39 is 54.1 Å². The Hall–Kier alpha value is -6.92. The minimum atomic E-state index is -4.45. The molecule has 0 aromatic heterocycles. The summed E-state index contributed by atoms with van der Waals surface area (Å²) in [6.45, 7) is 8.75. The van der Waals surface area contributed by atoms with Crippen LogP contribution < -0.4 is 57.4 Å². The Kier molecular flexibility index (Phi) is 17.2. The molecule has 4 aliphatic heterocycles. The van der Waals surface area contributed by atoms with Crippen molar-refractivity contribution >= 4 is 51.6 Å². The zero-order chi connectivity index (χ0) is 60.6. The average Bonchev–Trinajstić information content (AvgIpc) is 0.887. The number of hydrogen-bond donors (Lipinski definition) is 0. The van der Waals surface area contributed by atoms with Gasteiger partial charge in [0.15, 0.2) is 0 Å². The van der Waals surface area contributed by atoms with Crippen molar-refractivity contribution in [1.82, 2.24) is 0 Å². The molecule has 0 amide bonds. The number of benzene rings is 8. The topological polar surface area (TPSA) is 142 Å². The fourth-order valence-corrected chi connectivity index (χ4v) is 20.0. The van der Waals surface area contributed by atoms with Gasteiger partial charge in [-0.3, -0.25) is 0 Å². The van der Waals surface area contributed by atoms with Crippen LogP contribution in [0.4, 0.5) is 0 Å². The lowest BCUT2D eigenvalue weighted by atomic mass is 9.76. The van der Waals surface area contributed by atoms with Crippen molar-refractivity contribution in [3.05, 3.63) is 214 Å². The summed E-state index contributed by atoms with van der Waals surface area (Å²) in [5.41, 5.74) is 6.09. The fourth-order valence-electron chi connectivity index (χ4n) is 13.5. The lowest BCUT2D eigenvalue weighted by Crippen LogP contribution is -2.24. The van der Waals surface area contributed by atoms with Crippen molar-refractivity contribution in [2.75, 3.05) is 0 Å². The van der Waals surface area contributed by atoms with E-state index in [0.717, 1.165) is 122 Å². The smallest absolute Gasteiger partial charge is 0.412 e. The SMILES string of the molecule is CCCCCC1c2cc3c4cc2OP(=O)(c2ccccc2)Oc2cc5c(cc21)C(CCCCC)c1cc2c(cc1OP(=O)(c1ccccc1)O5)OP(=O)(c1ccccc1)Oc1cc(c(cc1C2CCCCC)C3CCCCC)OP(=O)(c1ccccc1)O4. The van der Waals surface area contributed by atoms with E-state index in [1.54, 1.807) is 121 Å². The second-order valence-electron chi connectivity index (χ2n) is 24.0. The van der Waals surface area contributed by atoms with E-state index in [1.807, 2.05) is 24.3 Å². The maximum absolute atomic E-state index is 16.5. The molecule has 0 atom stereocenters. The third-order valence-corrected chi connectivity index (χ3v) is 25.2. The highest BCUT2D eigenvalue weighted by Gasteiger charge is 2.47. The monoisotopic (exact) mass is 1260 g/mol. The van der Waals surface area contributed by atoms with Gasteiger partial charge in [-0.25, -0.2) is 18.3 Å². The predicted molar refractivity (Wildman–Crippen MR) is 349 cm³/mol. The van der Waals surface area contributed by atoms with Crippen LogP contribution in [-0.2, 0) is 18.3 Å². The van der Waals surface area contributed by atoms with Gasteiger partial charge in [-0.1, -0.05) is 178 Å². The maximum atomic E-state index is 16.5. The summed E-state index contributed by atoms with van der Waals surface area (Å²) >= 11 is 0. The van der Waals surface area contributed by atoms with Crippen LogP contribution in [0.1, 0.15) is 199 Å². The summed E-state index contributed by atoms with van der Waals surface area (Å²) in [6.07, 6.45) is 13.4. The summed E-state index contributed by atoms with van der Waals surface area (Å²) in [7, 11) is -17.8. The molecule has 4 heterocycles. The molecule has 88 heavy (non-hydrogen) atoms. The van der Waals surface area contributed by atoms with Crippen molar-refractivity contribution in [2.24, 2.45) is 0 Å². The molecule has 1 aliphatic carbocycles. The summed E-state index contributed by atoms with van der Waals surface area (Å²) in [5.74, 6) is 0.318. The van der Waals surface area contributed by atoms with E-state index in [-0.39, 0.29) is 46.0 Å². The standard InChI is InChI=1S/C72H76O12P4/c1-5-9-17-37-53-57-41-59-54(38-18-10-6-2)61-43-63-56(40-20-12-8-4)64-44-62-55(39-19-11-7-3)60-42-58(53)66-46-68(60)80-87(75,51-33-25-15-26-34-51)82-70(62)48-72(64)84-88(76,52-35-27-16-28-36-52)83-71(63)47-69(61)81-86(74,50-31-23-14-24-32-50)79-67(59)45-65(57)77-85(73,78-66)49-29-21-13-22-30-49/h13-16,21-36,41-48,53-56H,5-12,17-20,37-40H2,1-4H3. The Morgan fingerprint density at radius 1 is 0.250 bits per heavy atom. The minimum absolute atomic E-state index is 0.262. The molecule has 5 aliphatic rings. The predicted octanol–water partition coefficient (Wildman–Crippen LogP) is 20.0. The third-order valence-electron chi connectivity index (χ3n) is 18.0. The van der Waals surface area contributed by atoms with Crippen molar-refractivity contribution in [2.45, 2.75) is 154 Å². The van der Waals surface area contributed by atoms with Gasteiger partial charge >= 0.3 is 30.4 Å². The second-order valence-corrected chi connectivity index (χ2v) is 31.5. The molecule has 8 bridgehead atoms. The number of hydrogen-bond acceptors (Lipinski definition) is 12. The van der Waals surface area contributed by atoms with Crippen molar-refractivity contribution in [3.8, 4) is 46.0 Å². The van der Waals surface area contributed by atoms with Crippen LogP contribution in [0.15, 0.2) is 170 Å². The van der Waals surface area contributed by atoms with Crippen LogP contribution in [0.25, 0.3) is 0 Å². The summed E-state index contributed by atoms with van der Waals surface area (Å²) in [5, 5.41) is 1.21. The van der Waals surface area contributed by atoms with E-state index in [4.69, 9.17) is 36.2 Å². The van der Waals surface area contributed by atoms with E-state index >= 15 is 18.3 Å². The van der Waals surface area contributed by atoms with Gasteiger partial charge in [0.2, 0.25) is 0 Å². The maximum Gasteiger partial charge on any atom is 0.462 e. The molecule has 8 aromatic carbocycles. The van der Waals surface area contributed by atoms with E-state index in [9.17, 15) is 0 Å². The van der Waals surface area contributed by atoms with Gasteiger partial charge in [0.25, 0.3) is 0 Å². The molecule has 0 saturated heterocycles. The van der Waals surface area contributed by atoms with E-state index in [0.29, 0.717) is 46.9 Å². The third kappa shape index (κ3) is 11.5.